The van der Waals surface area contributed by atoms with E-state index in [1.807, 2.05) is 30.0 Å². The molecule has 2 fully saturated rings. The summed E-state index contributed by atoms with van der Waals surface area (Å²) in [5.74, 6) is -0.986. The first-order chi connectivity index (χ1) is 17.3. The number of nitrogens with one attached hydrogen (secondary N) is 2. The lowest BCUT2D eigenvalue weighted by atomic mass is 9.78. The topological polar surface area (TPSA) is 34.3 Å². The molecule has 3 aliphatic rings. The van der Waals surface area contributed by atoms with E-state index in [-0.39, 0.29) is 12.6 Å². The first-order valence-corrected chi connectivity index (χ1v) is 12.8. The minimum atomic E-state index is -2.27. The highest BCUT2D eigenvalue weighted by molar-refractivity contribution is 5.84. The summed E-state index contributed by atoms with van der Waals surface area (Å²) in [6.07, 6.45) is 2.03. The summed E-state index contributed by atoms with van der Waals surface area (Å²) >= 11 is 0. The van der Waals surface area contributed by atoms with Gasteiger partial charge >= 0.3 is 0 Å². The molecule has 36 heavy (non-hydrogen) atoms. The molecule has 8 heteroatoms. The van der Waals surface area contributed by atoms with Crippen molar-refractivity contribution in [3.05, 3.63) is 65.4 Å². The average Bonchev–Trinajstić information content (AvgIpc) is 3.44. The number of piperidine rings is 1. The number of benzene rings is 2. The Bertz CT molecular complexity index is 1160. The second kappa shape index (κ2) is 10.4. The molecule has 6 rings (SSSR count). The molecule has 2 aromatic carbocycles. The van der Waals surface area contributed by atoms with E-state index in [2.05, 4.69) is 21.3 Å². The Balaban J connectivity index is 0.000000148. The van der Waals surface area contributed by atoms with Crippen molar-refractivity contribution < 1.29 is 17.6 Å². The number of alkyl halides is 2. The molecular weight excluding hydrogens is 468 g/mol. The van der Waals surface area contributed by atoms with Gasteiger partial charge in [0, 0.05) is 60.6 Å². The number of nitrogens with zero attached hydrogens (tertiary/aromatic N) is 2. The molecule has 0 radical (unpaired) electrons. The number of hydrogen-bond acceptors (Lipinski definition) is 3. The maximum atomic E-state index is 13.2. The molecule has 1 spiro atoms. The predicted octanol–water partition coefficient (Wildman–Crippen LogP) is 5.72. The number of hydrogen-bond donors (Lipinski definition) is 2. The van der Waals surface area contributed by atoms with Gasteiger partial charge in [-0.25, -0.2) is 17.6 Å². The number of para-hydroxylation sites is 1. The van der Waals surface area contributed by atoms with Gasteiger partial charge in [0.25, 0.3) is 6.43 Å². The smallest absolute Gasteiger partial charge is 0.251 e. The molecule has 1 unspecified atom stereocenters. The monoisotopic (exact) mass is 502 g/mol. The van der Waals surface area contributed by atoms with Crippen LogP contribution in [0.15, 0.2) is 42.5 Å². The van der Waals surface area contributed by atoms with Crippen molar-refractivity contribution in [2.75, 3.05) is 37.6 Å². The third kappa shape index (κ3) is 5.39. The third-order valence-corrected chi connectivity index (χ3v) is 8.13. The Hall–Kier alpha value is -2.58. The fraction of sp³-hybridized carbons (Fsp3) is 0.500. The van der Waals surface area contributed by atoms with Crippen LogP contribution in [0.4, 0.5) is 23.2 Å². The van der Waals surface area contributed by atoms with Gasteiger partial charge < -0.3 is 15.2 Å². The van der Waals surface area contributed by atoms with Gasteiger partial charge in [0.05, 0.1) is 6.54 Å². The number of H-pyrrole nitrogens is 1. The van der Waals surface area contributed by atoms with Gasteiger partial charge in [-0.15, -0.1) is 0 Å². The molecule has 1 atom stereocenters. The van der Waals surface area contributed by atoms with Crippen molar-refractivity contribution in [1.82, 2.24) is 15.2 Å². The van der Waals surface area contributed by atoms with Crippen LogP contribution in [0.5, 0.6) is 0 Å². The van der Waals surface area contributed by atoms with Gasteiger partial charge in [0.1, 0.15) is 11.6 Å². The Labute approximate surface area is 209 Å². The fourth-order valence-corrected chi connectivity index (χ4v) is 6.01. The molecule has 3 aliphatic heterocycles. The lowest BCUT2D eigenvalue weighted by Crippen LogP contribution is -2.41. The van der Waals surface area contributed by atoms with E-state index in [4.69, 9.17) is 0 Å². The van der Waals surface area contributed by atoms with Crippen LogP contribution in [0.2, 0.25) is 0 Å². The highest BCUT2D eigenvalue weighted by atomic mass is 19.3. The van der Waals surface area contributed by atoms with E-state index in [0.717, 1.165) is 62.7 Å². The van der Waals surface area contributed by atoms with Gasteiger partial charge in [0.15, 0.2) is 0 Å². The molecule has 1 aromatic heterocycles. The molecule has 3 aromatic rings. The standard InChI is InChI=1S/C14H18F2N2.C14H16F2N2/c15-11-7-12(16)9-13(8-11)18-5-2-14(3-6-18)1-4-17-10-14;1-9-6-11-10-4-2-3-5-12(10)17-13(11)7-18(9)8-14(15)16/h7-9,17H,1-6,10H2;2-5,9,14,17H,6-8H2,1H3. The first-order valence-electron chi connectivity index (χ1n) is 12.8. The number of rotatable bonds is 3. The van der Waals surface area contributed by atoms with E-state index in [9.17, 15) is 17.6 Å². The lowest BCUT2D eigenvalue weighted by molar-refractivity contribution is 0.0597. The molecule has 2 N–H and O–H groups in total. The van der Waals surface area contributed by atoms with Crippen LogP contribution in [0.3, 0.4) is 0 Å². The predicted molar refractivity (Wildman–Crippen MR) is 136 cm³/mol. The third-order valence-electron chi connectivity index (χ3n) is 8.13. The summed E-state index contributed by atoms with van der Waals surface area (Å²) in [5.41, 5.74) is 4.60. The van der Waals surface area contributed by atoms with Gasteiger partial charge in [-0.3, -0.25) is 4.90 Å². The molecule has 0 amide bonds. The van der Waals surface area contributed by atoms with Crippen LogP contribution in [0, 0.1) is 17.0 Å². The van der Waals surface area contributed by atoms with Gasteiger partial charge in [0.2, 0.25) is 0 Å². The lowest BCUT2D eigenvalue weighted by Gasteiger charge is -2.40. The van der Waals surface area contributed by atoms with Gasteiger partial charge in [-0.05, 0) is 68.3 Å². The van der Waals surface area contributed by atoms with Crippen LogP contribution < -0.4 is 10.2 Å². The Morgan fingerprint density at radius 2 is 1.75 bits per heavy atom. The van der Waals surface area contributed by atoms with Crippen LogP contribution in [-0.2, 0) is 13.0 Å². The number of aromatic amines is 1. The normalized spacial score (nSPS) is 21.6. The number of halogens is 4. The van der Waals surface area contributed by atoms with Gasteiger partial charge in [-0.2, -0.15) is 0 Å². The second-order valence-corrected chi connectivity index (χ2v) is 10.5. The van der Waals surface area contributed by atoms with Crippen molar-refractivity contribution in [3.8, 4) is 0 Å². The minimum absolute atomic E-state index is 0.143. The molecule has 4 nitrogen and oxygen atoms in total. The van der Waals surface area contributed by atoms with Crippen LogP contribution in [0.1, 0.15) is 37.4 Å². The highest BCUT2D eigenvalue weighted by Crippen LogP contribution is 2.38. The zero-order valence-corrected chi connectivity index (χ0v) is 20.7. The fourth-order valence-electron chi connectivity index (χ4n) is 6.01. The van der Waals surface area contributed by atoms with E-state index in [0.29, 0.717) is 17.6 Å². The summed E-state index contributed by atoms with van der Waals surface area (Å²) in [6.45, 7) is 6.46. The van der Waals surface area contributed by atoms with Crippen LogP contribution >= 0.6 is 0 Å². The molecule has 4 heterocycles. The van der Waals surface area contributed by atoms with Crippen molar-refractivity contribution in [2.24, 2.45) is 5.41 Å². The van der Waals surface area contributed by atoms with E-state index < -0.39 is 18.1 Å². The number of fused-ring (bicyclic) bond motifs is 3. The SMILES string of the molecule is CC1Cc2c([nH]c3ccccc23)CN1CC(F)F.Fc1cc(F)cc(N2CCC3(CCNC3)CC2)c1. The summed E-state index contributed by atoms with van der Waals surface area (Å²) in [6, 6.07) is 12.1. The molecule has 0 saturated carbocycles. The maximum absolute atomic E-state index is 13.2. The molecule has 2 saturated heterocycles. The van der Waals surface area contributed by atoms with Crippen LogP contribution in [0.25, 0.3) is 10.9 Å². The molecule has 194 valence electrons. The van der Waals surface area contributed by atoms with Crippen molar-refractivity contribution in [2.45, 2.75) is 51.6 Å². The summed E-state index contributed by atoms with van der Waals surface area (Å²) < 4.78 is 51.4. The van der Waals surface area contributed by atoms with E-state index in [1.54, 1.807) is 0 Å². The number of anilines is 1. The zero-order chi connectivity index (χ0) is 25.3. The molecule has 0 aliphatic carbocycles. The first kappa shape index (κ1) is 25.1. The maximum Gasteiger partial charge on any atom is 0.251 e. The number of aromatic nitrogens is 1. The Kier molecular flexibility index (Phi) is 7.26. The zero-order valence-electron chi connectivity index (χ0n) is 20.7. The Morgan fingerprint density at radius 1 is 1.03 bits per heavy atom. The van der Waals surface area contributed by atoms with Crippen LogP contribution in [-0.4, -0.2) is 55.1 Å². The minimum Gasteiger partial charge on any atom is -0.371 e. The summed E-state index contributed by atoms with van der Waals surface area (Å²) in [4.78, 5) is 7.30. The second-order valence-electron chi connectivity index (χ2n) is 10.5. The molecular formula is C28H34F4N4. The molecule has 0 bridgehead atoms. The van der Waals surface area contributed by atoms with Gasteiger partial charge in [-0.1, -0.05) is 18.2 Å². The van der Waals surface area contributed by atoms with Crippen molar-refractivity contribution >= 4 is 16.6 Å². The van der Waals surface area contributed by atoms with Crippen molar-refractivity contribution in [3.63, 3.8) is 0 Å². The largest absolute Gasteiger partial charge is 0.371 e. The average molecular weight is 503 g/mol. The van der Waals surface area contributed by atoms with E-state index >= 15 is 0 Å². The van der Waals surface area contributed by atoms with Crippen molar-refractivity contribution in [1.29, 1.82) is 0 Å². The quantitative estimate of drug-likeness (QED) is 0.450. The van der Waals surface area contributed by atoms with E-state index in [1.165, 1.54) is 29.5 Å². The highest BCUT2D eigenvalue weighted by Gasteiger charge is 2.37. The summed E-state index contributed by atoms with van der Waals surface area (Å²) in [5, 5.41) is 4.65. The summed E-state index contributed by atoms with van der Waals surface area (Å²) in [7, 11) is 0. The Morgan fingerprint density at radius 3 is 2.42 bits per heavy atom.